The molecule has 0 aromatic heterocycles. The zero-order valence-electron chi connectivity index (χ0n) is 6.14. The van der Waals surface area contributed by atoms with Gasteiger partial charge in [0.2, 0.25) is 0 Å². The van der Waals surface area contributed by atoms with Crippen molar-refractivity contribution in [3.8, 4) is 0 Å². The van der Waals surface area contributed by atoms with Gasteiger partial charge in [0.15, 0.2) is 0 Å². The molecule has 0 saturated carbocycles. The van der Waals surface area contributed by atoms with E-state index >= 15 is 0 Å². The molecule has 51 valence electrons. The summed E-state index contributed by atoms with van der Waals surface area (Å²) < 4.78 is 0. The van der Waals surface area contributed by atoms with Crippen molar-refractivity contribution in [1.29, 1.82) is 0 Å². The number of rotatable bonds is 4. The summed E-state index contributed by atoms with van der Waals surface area (Å²) in [7, 11) is 0. The number of hydrogen-bond donors (Lipinski definition) is 0. The van der Waals surface area contributed by atoms with Crippen LogP contribution in [-0.4, -0.2) is 0 Å². The van der Waals surface area contributed by atoms with Gasteiger partial charge in [0, 0.05) is 0 Å². The number of allylic oxidation sites excluding steroid dienone is 4. The highest BCUT2D eigenvalue weighted by Gasteiger charge is 1.72. The molecule has 0 fully saturated rings. The molecule has 0 saturated heterocycles. The van der Waals surface area contributed by atoms with E-state index in [4.69, 9.17) is 0 Å². The van der Waals surface area contributed by atoms with Gasteiger partial charge in [0.25, 0.3) is 0 Å². The summed E-state index contributed by atoms with van der Waals surface area (Å²) in [6, 6.07) is 0. The second-order valence-corrected chi connectivity index (χ2v) is 1.93. The lowest BCUT2D eigenvalue weighted by molar-refractivity contribution is 1.04. The molecule has 0 heterocycles. The third-order valence-corrected chi connectivity index (χ3v) is 1.07. The molecule has 9 heavy (non-hydrogen) atoms. The highest BCUT2D eigenvalue weighted by Crippen LogP contribution is 1.92. The van der Waals surface area contributed by atoms with E-state index < -0.39 is 0 Å². The molecule has 0 unspecified atom stereocenters. The minimum absolute atomic E-state index is 1.12. The fraction of sp³-hybridized carbons (Fsp3) is 0.444. The Balaban J connectivity index is 2.99. The third-order valence-electron chi connectivity index (χ3n) is 1.07. The summed E-state index contributed by atoms with van der Waals surface area (Å²) in [5, 5.41) is 0. The van der Waals surface area contributed by atoms with Crippen LogP contribution in [0.3, 0.4) is 0 Å². The molecular formula is C9H15. The molecule has 0 heteroatoms. The van der Waals surface area contributed by atoms with E-state index in [0.29, 0.717) is 0 Å². The maximum Gasteiger partial charge on any atom is -0.0316 e. The van der Waals surface area contributed by atoms with Crippen molar-refractivity contribution in [3.05, 3.63) is 31.2 Å². The quantitative estimate of drug-likeness (QED) is 0.398. The molecule has 0 aliphatic heterocycles. The highest BCUT2D eigenvalue weighted by atomic mass is 13.8. The Morgan fingerprint density at radius 1 is 1.11 bits per heavy atom. The van der Waals surface area contributed by atoms with Crippen molar-refractivity contribution in [2.75, 3.05) is 0 Å². The lowest BCUT2D eigenvalue weighted by atomic mass is 10.2. The molecule has 0 spiro atoms. The van der Waals surface area contributed by atoms with Crippen molar-refractivity contribution in [2.24, 2.45) is 0 Å². The first-order valence-corrected chi connectivity index (χ1v) is 3.51. The van der Waals surface area contributed by atoms with E-state index in [-0.39, 0.29) is 0 Å². The number of hydrogen-bond acceptors (Lipinski definition) is 0. The van der Waals surface area contributed by atoms with Gasteiger partial charge in [-0.05, 0) is 26.2 Å². The van der Waals surface area contributed by atoms with Gasteiger partial charge in [-0.15, -0.1) is 0 Å². The Hall–Kier alpha value is -0.520. The van der Waals surface area contributed by atoms with Crippen molar-refractivity contribution >= 4 is 0 Å². The van der Waals surface area contributed by atoms with Crippen LogP contribution in [0.1, 0.15) is 26.2 Å². The van der Waals surface area contributed by atoms with E-state index in [1.54, 1.807) is 0 Å². The smallest absolute Gasteiger partial charge is 0.0316 e. The molecule has 0 aliphatic rings. The van der Waals surface area contributed by atoms with Gasteiger partial charge >= 0.3 is 0 Å². The second-order valence-electron chi connectivity index (χ2n) is 1.93. The second kappa shape index (κ2) is 7.48. The van der Waals surface area contributed by atoms with Crippen LogP contribution >= 0.6 is 0 Å². The Bertz CT molecular complexity index is 88.2. The van der Waals surface area contributed by atoms with Crippen LogP contribution in [0.15, 0.2) is 24.3 Å². The van der Waals surface area contributed by atoms with Crippen LogP contribution in [-0.2, 0) is 0 Å². The van der Waals surface area contributed by atoms with Crippen LogP contribution < -0.4 is 0 Å². The molecule has 0 bridgehead atoms. The zero-order valence-corrected chi connectivity index (χ0v) is 6.14. The number of unbranched alkanes of at least 4 members (excludes halogenated alkanes) is 1. The van der Waals surface area contributed by atoms with Gasteiger partial charge < -0.3 is 0 Å². The lowest BCUT2D eigenvalue weighted by Crippen LogP contribution is -1.62. The van der Waals surface area contributed by atoms with Gasteiger partial charge in [-0.25, -0.2) is 0 Å². The molecule has 0 aromatic rings. The predicted octanol–water partition coefficient (Wildman–Crippen LogP) is 3.12. The van der Waals surface area contributed by atoms with Crippen molar-refractivity contribution in [3.63, 3.8) is 0 Å². The third kappa shape index (κ3) is 7.48. The summed E-state index contributed by atoms with van der Waals surface area (Å²) in [6.07, 6.45) is 11.8. The molecule has 1 radical (unpaired) electrons. The normalized spacial score (nSPS) is 11.8. The lowest BCUT2D eigenvalue weighted by Gasteiger charge is -1.83. The van der Waals surface area contributed by atoms with Crippen molar-refractivity contribution in [1.82, 2.24) is 0 Å². The Kier molecular flexibility index (Phi) is 7.05. The Morgan fingerprint density at radius 3 is 2.33 bits per heavy atom. The van der Waals surface area contributed by atoms with Crippen LogP contribution in [0, 0.1) is 6.92 Å². The molecule has 0 N–H and O–H groups in total. The largest absolute Gasteiger partial charge is 0.0888 e. The van der Waals surface area contributed by atoms with Gasteiger partial charge in [0.05, 0.1) is 0 Å². The highest BCUT2D eigenvalue weighted by molar-refractivity contribution is 4.88. The van der Waals surface area contributed by atoms with Gasteiger partial charge in [0.1, 0.15) is 0 Å². The van der Waals surface area contributed by atoms with Crippen molar-refractivity contribution in [2.45, 2.75) is 26.2 Å². The Morgan fingerprint density at radius 2 is 1.78 bits per heavy atom. The molecule has 0 rings (SSSR count). The van der Waals surface area contributed by atoms with E-state index in [1.807, 2.05) is 6.08 Å². The summed E-state index contributed by atoms with van der Waals surface area (Å²) >= 11 is 0. The van der Waals surface area contributed by atoms with Gasteiger partial charge in [-0.1, -0.05) is 31.2 Å². The minimum Gasteiger partial charge on any atom is -0.0888 e. The van der Waals surface area contributed by atoms with Crippen LogP contribution in [0.4, 0.5) is 0 Å². The van der Waals surface area contributed by atoms with Gasteiger partial charge in [-0.3, -0.25) is 0 Å². The monoisotopic (exact) mass is 123 g/mol. The topological polar surface area (TPSA) is 0 Å². The van der Waals surface area contributed by atoms with Crippen LogP contribution in [0.2, 0.25) is 0 Å². The summed E-state index contributed by atoms with van der Waals surface area (Å²) in [6.45, 7) is 5.75. The SMILES string of the molecule is [CH2]/C=C\CC/C=C\CC. The first-order chi connectivity index (χ1) is 4.41. The summed E-state index contributed by atoms with van der Waals surface area (Å²) in [4.78, 5) is 0. The molecule has 0 amide bonds. The maximum atomic E-state index is 3.60. The standard InChI is InChI=1S/C9H15/c1-3-5-7-9-8-6-4-2/h3,5-6,8H,1,4,7,9H2,2H3/b5-3-,8-6-. The molecule has 0 atom stereocenters. The first kappa shape index (κ1) is 8.48. The fourth-order valence-corrected chi connectivity index (χ4v) is 0.595. The average Bonchev–Trinajstić information content (AvgIpc) is 1.89. The minimum atomic E-state index is 1.12. The zero-order chi connectivity index (χ0) is 6.95. The van der Waals surface area contributed by atoms with Gasteiger partial charge in [-0.2, -0.15) is 0 Å². The predicted molar refractivity (Wildman–Crippen MR) is 43.2 cm³/mol. The molecule has 0 aromatic carbocycles. The van der Waals surface area contributed by atoms with Crippen LogP contribution in [0.25, 0.3) is 0 Å². The van der Waals surface area contributed by atoms with E-state index in [9.17, 15) is 0 Å². The first-order valence-electron chi connectivity index (χ1n) is 3.51. The summed E-state index contributed by atoms with van der Waals surface area (Å²) in [5.41, 5.74) is 0. The maximum absolute atomic E-state index is 3.60. The average molecular weight is 123 g/mol. The molecular weight excluding hydrogens is 108 g/mol. The van der Waals surface area contributed by atoms with E-state index in [2.05, 4.69) is 32.1 Å². The Labute approximate surface area is 58.3 Å². The molecule has 0 nitrogen and oxygen atoms in total. The molecule has 0 aliphatic carbocycles. The van der Waals surface area contributed by atoms with Crippen molar-refractivity contribution < 1.29 is 0 Å². The van der Waals surface area contributed by atoms with Crippen LogP contribution in [0.5, 0.6) is 0 Å². The van der Waals surface area contributed by atoms with E-state index in [1.165, 1.54) is 0 Å². The fourth-order valence-electron chi connectivity index (χ4n) is 0.595. The van der Waals surface area contributed by atoms with E-state index in [0.717, 1.165) is 19.3 Å². The summed E-state index contributed by atoms with van der Waals surface area (Å²) in [5.74, 6) is 0.